The van der Waals surface area contributed by atoms with Crippen molar-refractivity contribution in [1.82, 2.24) is 9.13 Å². The van der Waals surface area contributed by atoms with Crippen molar-refractivity contribution in [3.8, 4) is 11.5 Å². The number of aromatic nitrogens is 2. The summed E-state index contributed by atoms with van der Waals surface area (Å²) in [5.41, 5.74) is -0.655. The Kier molecular flexibility index (Phi) is 4.35. The highest BCUT2D eigenvalue weighted by Crippen LogP contribution is 2.33. The highest BCUT2D eigenvalue weighted by molar-refractivity contribution is 5.76. The molecule has 0 spiro atoms. The molecule has 0 N–H and O–H groups in total. The number of esters is 1. The maximum absolute atomic E-state index is 12.3. The molecule has 0 aliphatic carbocycles. The largest absolute Gasteiger partial charge is 0.482 e. The van der Waals surface area contributed by atoms with Crippen molar-refractivity contribution in [3.05, 3.63) is 56.9 Å². The van der Waals surface area contributed by atoms with Crippen LogP contribution in [0.4, 0.5) is 0 Å². The van der Waals surface area contributed by atoms with E-state index in [1.54, 1.807) is 25.1 Å². The first-order valence-corrected chi connectivity index (χ1v) is 7.73. The van der Waals surface area contributed by atoms with E-state index in [0.717, 1.165) is 4.57 Å². The van der Waals surface area contributed by atoms with Gasteiger partial charge in [0.15, 0.2) is 11.5 Å². The first-order valence-electron chi connectivity index (χ1n) is 7.73. The minimum atomic E-state index is -0.932. The molecule has 3 rings (SSSR count). The molecule has 0 amide bonds. The van der Waals surface area contributed by atoms with Crippen molar-refractivity contribution in [1.29, 1.82) is 0 Å². The molecule has 2 heterocycles. The van der Waals surface area contributed by atoms with Gasteiger partial charge in [-0.2, -0.15) is 0 Å². The first-order chi connectivity index (χ1) is 11.9. The number of nitrogens with zero attached hydrogens (tertiary/aromatic N) is 2. The smallest absolute Gasteiger partial charge is 0.351 e. The average Bonchev–Trinajstić information content (AvgIpc) is 2.61. The molecule has 1 aliphatic rings. The van der Waals surface area contributed by atoms with Gasteiger partial charge < -0.3 is 14.2 Å². The molecule has 8 heteroatoms. The number of hydrogen-bond donors (Lipinski definition) is 0. The van der Waals surface area contributed by atoms with E-state index >= 15 is 0 Å². The molecular formula is C17H18N2O6. The van der Waals surface area contributed by atoms with Crippen molar-refractivity contribution in [2.45, 2.75) is 25.7 Å². The fraction of sp³-hybridized carbons (Fsp3) is 0.353. The van der Waals surface area contributed by atoms with Crippen LogP contribution >= 0.6 is 0 Å². The van der Waals surface area contributed by atoms with Crippen LogP contribution in [0.2, 0.25) is 0 Å². The Balaban J connectivity index is 1.74. The molecule has 2 atom stereocenters. The van der Waals surface area contributed by atoms with E-state index in [4.69, 9.17) is 14.2 Å². The number of rotatable bonds is 3. The number of benzene rings is 1. The predicted octanol–water partition coefficient (Wildman–Crippen LogP) is 0.356. The van der Waals surface area contributed by atoms with E-state index in [0.29, 0.717) is 17.2 Å². The third-order valence-corrected chi connectivity index (χ3v) is 4.06. The molecule has 25 heavy (non-hydrogen) atoms. The van der Waals surface area contributed by atoms with Crippen LogP contribution in [0.25, 0.3) is 0 Å². The topological polar surface area (TPSA) is 88.8 Å². The minimum absolute atomic E-state index is 0.213. The molecule has 2 aromatic rings. The summed E-state index contributed by atoms with van der Waals surface area (Å²) in [7, 11) is 2.89. The Morgan fingerprint density at radius 3 is 2.44 bits per heavy atom. The molecule has 0 bridgehead atoms. The van der Waals surface area contributed by atoms with Crippen LogP contribution in [0.5, 0.6) is 11.5 Å². The van der Waals surface area contributed by atoms with Crippen LogP contribution in [0.3, 0.4) is 0 Å². The van der Waals surface area contributed by atoms with Gasteiger partial charge in [0.05, 0.1) is 5.69 Å². The van der Waals surface area contributed by atoms with Crippen LogP contribution in [-0.2, 0) is 30.2 Å². The fourth-order valence-corrected chi connectivity index (χ4v) is 2.52. The molecule has 1 aromatic carbocycles. The maximum Gasteiger partial charge on any atom is 0.351 e. The van der Waals surface area contributed by atoms with Gasteiger partial charge >= 0.3 is 11.7 Å². The molecule has 0 saturated carbocycles. The van der Waals surface area contributed by atoms with E-state index < -0.39 is 29.4 Å². The normalized spacial score (nSPS) is 18.7. The van der Waals surface area contributed by atoms with E-state index in [1.807, 2.05) is 6.07 Å². The van der Waals surface area contributed by atoms with Crippen LogP contribution < -0.4 is 20.7 Å². The van der Waals surface area contributed by atoms with Crippen molar-refractivity contribution >= 4 is 5.97 Å². The first kappa shape index (κ1) is 16.8. The summed E-state index contributed by atoms with van der Waals surface area (Å²) in [5, 5.41) is 0. The number of ether oxygens (including phenoxy) is 3. The van der Waals surface area contributed by atoms with Gasteiger partial charge in [-0.25, -0.2) is 9.59 Å². The predicted molar refractivity (Wildman–Crippen MR) is 87.7 cm³/mol. The number of carbonyl (C=O) groups is 1. The zero-order chi connectivity index (χ0) is 18.1. The molecule has 132 valence electrons. The second-order valence-electron chi connectivity index (χ2n) is 5.79. The van der Waals surface area contributed by atoms with Gasteiger partial charge in [0.2, 0.25) is 6.10 Å². The van der Waals surface area contributed by atoms with Gasteiger partial charge in [0.25, 0.3) is 5.56 Å². The quantitative estimate of drug-likeness (QED) is 0.746. The summed E-state index contributed by atoms with van der Waals surface area (Å²) in [6, 6.07) is 8.29. The van der Waals surface area contributed by atoms with Crippen molar-refractivity contribution in [2.75, 3.05) is 0 Å². The third kappa shape index (κ3) is 3.15. The lowest BCUT2D eigenvalue weighted by atomic mass is 10.2. The number of fused-ring (bicyclic) bond motifs is 1. The second-order valence-corrected chi connectivity index (χ2v) is 5.79. The van der Waals surface area contributed by atoms with Crippen molar-refractivity contribution in [2.24, 2.45) is 14.1 Å². The Morgan fingerprint density at radius 2 is 1.76 bits per heavy atom. The zero-order valence-corrected chi connectivity index (χ0v) is 14.1. The lowest BCUT2D eigenvalue weighted by Gasteiger charge is -2.30. The monoisotopic (exact) mass is 346 g/mol. The molecular weight excluding hydrogens is 328 g/mol. The van der Waals surface area contributed by atoms with Gasteiger partial charge in [-0.1, -0.05) is 12.1 Å². The highest BCUT2D eigenvalue weighted by atomic mass is 16.6. The van der Waals surface area contributed by atoms with Gasteiger partial charge in [0.1, 0.15) is 12.7 Å². The number of hydrogen-bond acceptors (Lipinski definition) is 6. The van der Waals surface area contributed by atoms with Crippen LogP contribution in [0.15, 0.2) is 39.9 Å². The summed E-state index contributed by atoms with van der Waals surface area (Å²) < 4.78 is 18.8. The fourth-order valence-electron chi connectivity index (χ4n) is 2.52. The van der Waals surface area contributed by atoms with Crippen LogP contribution in [0, 0.1) is 0 Å². The molecule has 1 aromatic heterocycles. The average molecular weight is 346 g/mol. The van der Waals surface area contributed by atoms with Crippen molar-refractivity contribution < 1.29 is 19.0 Å². The lowest BCUT2D eigenvalue weighted by Crippen LogP contribution is -2.44. The Bertz CT molecular complexity index is 929. The maximum atomic E-state index is 12.3. The molecule has 0 saturated heterocycles. The summed E-state index contributed by atoms with van der Waals surface area (Å²) in [4.78, 5) is 35.9. The Labute approximate surface area is 143 Å². The standard InChI is InChI=1S/C17H18N2O6/c1-10-15(25-13-7-5-4-6-12(13)24-10)16(21)23-9-11-8-14(20)19(3)17(22)18(11)2/h4-8,10,15H,9H2,1-3H3. The second kappa shape index (κ2) is 6.46. The Hall–Kier alpha value is -3.03. The number of para-hydroxylation sites is 2. The molecule has 1 aliphatic heterocycles. The van der Waals surface area contributed by atoms with Gasteiger partial charge in [-0.05, 0) is 19.1 Å². The SMILES string of the molecule is CC1Oc2ccccc2OC1C(=O)OCc1cc(=O)n(C)c(=O)n1C. The van der Waals surface area contributed by atoms with Gasteiger partial charge in [-0.3, -0.25) is 13.9 Å². The number of carbonyl (C=O) groups excluding carboxylic acids is 1. The van der Waals surface area contributed by atoms with E-state index in [9.17, 15) is 14.4 Å². The van der Waals surface area contributed by atoms with Crippen molar-refractivity contribution in [3.63, 3.8) is 0 Å². The summed E-state index contributed by atoms with van der Waals surface area (Å²) in [5.74, 6) is 0.395. The van der Waals surface area contributed by atoms with E-state index in [-0.39, 0.29) is 6.61 Å². The minimum Gasteiger partial charge on any atom is -0.482 e. The molecule has 2 unspecified atom stereocenters. The molecule has 8 nitrogen and oxygen atoms in total. The Morgan fingerprint density at radius 1 is 1.12 bits per heavy atom. The summed E-state index contributed by atoms with van der Waals surface area (Å²) >= 11 is 0. The van der Waals surface area contributed by atoms with Crippen LogP contribution in [-0.4, -0.2) is 27.3 Å². The summed E-state index contributed by atoms with van der Waals surface area (Å²) in [6.07, 6.45) is -1.46. The summed E-state index contributed by atoms with van der Waals surface area (Å²) in [6.45, 7) is 1.49. The third-order valence-electron chi connectivity index (χ3n) is 4.06. The lowest BCUT2D eigenvalue weighted by molar-refractivity contribution is -0.159. The highest BCUT2D eigenvalue weighted by Gasteiger charge is 2.35. The van der Waals surface area contributed by atoms with Crippen LogP contribution in [0.1, 0.15) is 12.6 Å². The van der Waals surface area contributed by atoms with E-state index in [1.165, 1.54) is 24.7 Å². The molecule has 0 radical (unpaired) electrons. The van der Waals surface area contributed by atoms with Gasteiger partial charge in [0, 0.05) is 20.2 Å². The van der Waals surface area contributed by atoms with Gasteiger partial charge in [-0.15, -0.1) is 0 Å². The molecule has 0 fully saturated rings. The van der Waals surface area contributed by atoms with E-state index in [2.05, 4.69) is 0 Å². The zero-order valence-electron chi connectivity index (χ0n) is 14.1.